The van der Waals surface area contributed by atoms with Gasteiger partial charge in [0.25, 0.3) is 0 Å². The number of hydrogen-bond acceptors (Lipinski definition) is 6. The highest BCUT2D eigenvalue weighted by Crippen LogP contribution is 2.23. The number of benzene rings is 1. The summed E-state index contributed by atoms with van der Waals surface area (Å²) in [6.07, 6.45) is 3.02. The van der Waals surface area contributed by atoms with E-state index in [1.54, 1.807) is 6.92 Å². The first-order valence-electron chi connectivity index (χ1n) is 9.89. The van der Waals surface area contributed by atoms with Gasteiger partial charge in [-0.25, -0.2) is 4.79 Å². The predicted molar refractivity (Wildman–Crippen MR) is 119 cm³/mol. The zero-order valence-corrected chi connectivity index (χ0v) is 18.5. The molecule has 1 amide bonds. The van der Waals surface area contributed by atoms with Gasteiger partial charge in [-0.15, -0.1) is 24.8 Å². The molecule has 7 nitrogen and oxygen atoms in total. The van der Waals surface area contributed by atoms with Gasteiger partial charge in [-0.3, -0.25) is 9.69 Å². The lowest BCUT2D eigenvalue weighted by Gasteiger charge is -2.41. The number of piperidine rings is 1. The Labute approximate surface area is 185 Å². The zero-order valence-electron chi connectivity index (χ0n) is 16.8. The third-order valence-electron chi connectivity index (χ3n) is 5.49. The smallest absolute Gasteiger partial charge is 0.333 e. The van der Waals surface area contributed by atoms with Crippen LogP contribution in [0, 0.1) is 0 Å². The number of esters is 1. The van der Waals surface area contributed by atoms with Gasteiger partial charge in [0.1, 0.15) is 0 Å². The summed E-state index contributed by atoms with van der Waals surface area (Å²) < 4.78 is 5.05. The second-order valence-electron chi connectivity index (χ2n) is 7.07. The fourth-order valence-corrected chi connectivity index (χ4v) is 3.99. The van der Waals surface area contributed by atoms with Crippen LogP contribution in [0.5, 0.6) is 0 Å². The summed E-state index contributed by atoms with van der Waals surface area (Å²) in [5.74, 6) is -0.437. The molecule has 2 aliphatic heterocycles. The van der Waals surface area contributed by atoms with Crippen LogP contribution in [-0.4, -0.2) is 69.2 Å². The van der Waals surface area contributed by atoms with Crippen LogP contribution in [0.1, 0.15) is 31.4 Å². The maximum absolute atomic E-state index is 12.0. The minimum Gasteiger partial charge on any atom is -0.464 e. The highest BCUT2D eigenvalue weighted by Gasteiger charge is 2.26. The van der Waals surface area contributed by atoms with Gasteiger partial charge in [-0.2, -0.15) is 0 Å². The average Bonchev–Trinajstić information content (AvgIpc) is 2.73. The minimum absolute atomic E-state index is 0. The maximum atomic E-state index is 12.0. The van der Waals surface area contributed by atoms with Gasteiger partial charge < -0.3 is 20.3 Å². The molecule has 0 spiro atoms. The number of anilines is 1. The SMILES string of the molecule is CCOC(=O)C(NC=O)c1ccc(N2CCN(C3CCNCC3)CC2)cc1.Cl.Cl. The summed E-state index contributed by atoms with van der Waals surface area (Å²) in [5, 5.41) is 5.97. The van der Waals surface area contributed by atoms with Gasteiger partial charge in [-0.1, -0.05) is 12.1 Å². The lowest BCUT2D eigenvalue weighted by Crippen LogP contribution is -2.52. The Bertz CT molecular complexity index is 619. The Balaban J connectivity index is 0.00000210. The van der Waals surface area contributed by atoms with Crippen LogP contribution in [0.25, 0.3) is 0 Å². The number of hydrogen-bond donors (Lipinski definition) is 2. The van der Waals surface area contributed by atoms with E-state index in [1.165, 1.54) is 12.8 Å². The van der Waals surface area contributed by atoms with Gasteiger partial charge in [0.05, 0.1) is 6.61 Å². The Morgan fingerprint density at radius 3 is 2.34 bits per heavy atom. The van der Waals surface area contributed by atoms with Crippen molar-refractivity contribution in [1.82, 2.24) is 15.5 Å². The molecule has 29 heavy (non-hydrogen) atoms. The highest BCUT2D eigenvalue weighted by molar-refractivity contribution is 5.85. The fourth-order valence-electron chi connectivity index (χ4n) is 3.99. The first-order chi connectivity index (χ1) is 13.2. The second-order valence-corrected chi connectivity index (χ2v) is 7.07. The van der Waals surface area contributed by atoms with Crippen LogP contribution >= 0.6 is 24.8 Å². The summed E-state index contributed by atoms with van der Waals surface area (Å²) in [5.41, 5.74) is 1.88. The molecule has 0 aromatic heterocycles. The lowest BCUT2D eigenvalue weighted by atomic mass is 10.0. The number of nitrogens with zero attached hydrogens (tertiary/aromatic N) is 2. The number of carbonyl (C=O) groups is 2. The number of amides is 1. The molecule has 1 unspecified atom stereocenters. The third-order valence-corrected chi connectivity index (χ3v) is 5.49. The fraction of sp³-hybridized carbons (Fsp3) is 0.600. The topological polar surface area (TPSA) is 73.9 Å². The van der Waals surface area contributed by atoms with Crippen molar-refractivity contribution in [3.63, 3.8) is 0 Å². The summed E-state index contributed by atoms with van der Waals surface area (Å²) >= 11 is 0. The van der Waals surface area contributed by atoms with Gasteiger partial charge in [0.15, 0.2) is 6.04 Å². The summed E-state index contributed by atoms with van der Waals surface area (Å²) in [6.45, 7) is 8.49. The summed E-state index contributed by atoms with van der Waals surface area (Å²) in [6, 6.07) is 7.80. The summed E-state index contributed by atoms with van der Waals surface area (Å²) in [4.78, 5) is 27.9. The first kappa shape index (κ1) is 25.5. The zero-order chi connectivity index (χ0) is 19.1. The Kier molecular flexibility index (Phi) is 11.3. The average molecular weight is 447 g/mol. The molecule has 164 valence electrons. The second kappa shape index (κ2) is 12.9. The molecule has 2 fully saturated rings. The van der Waals surface area contributed by atoms with E-state index in [9.17, 15) is 9.59 Å². The molecule has 9 heteroatoms. The van der Waals surface area contributed by atoms with E-state index in [4.69, 9.17) is 4.74 Å². The van der Waals surface area contributed by atoms with Crippen LogP contribution in [0.3, 0.4) is 0 Å². The Morgan fingerprint density at radius 2 is 1.79 bits per heavy atom. The third kappa shape index (κ3) is 6.74. The van der Waals surface area contributed by atoms with Crippen molar-refractivity contribution in [2.45, 2.75) is 31.8 Å². The molecule has 2 heterocycles. The molecule has 2 N–H and O–H groups in total. The van der Waals surface area contributed by atoms with E-state index in [-0.39, 0.29) is 31.4 Å². The van der Waals surface area contributed by atoms with Crippen molar-refractivity contribution in [2.24, 2.45) is 0 Å². The molecular formula is C20H32Cl2N4O3. The van der Waals surface area contributed by atoms with Crippen molar-refractivity contribution in [3.8, 4) is 0 Å². The van der Waals surface area contributed by atoms with Crippen molar-refractivity contribution in [2.75, 3.05) is 50.8 Å². The van der Waals surface area contributed by atoms with Crippen molar-refractivity contribution < 1.29 is 14.3 Å². The molecule has 1 atom stereocenters. The van der Waals surface area contributed by atoms with Crippen LogP contribution in [-0.2, 0) is 14.3 Å². The van der Waals surface area contributed by atoms with Crippen LogP contribution in [0.15, 0.2) is 24.3 Å². The number of rotatable bonds is 7. The Morgan fingerprint density at radius 1 is 1.17 bits per heavy atom. The van der Waals surface area contributed by atoms with E-state index < -0.39 is 12.0 Å². The van der Waals surface area contributed by atoms with Crippen LogP contribution in [0.2, 0.25) is 0 Å². The van der Waals surface area contributed by atoms with E-state index in [2.05, 4.69) is 20.4 Å². The molecule has 0 saturated carbocycles. The molecule has 0 radical (unpaired) electrons. The van der Waals surface area contributed by atoms with E-state index in [0.29, 0.717) is 6.41 Å². The lowest BCUT2D eigenvalue weighted by molar-refractivity contribution is -0.146. The summed E-state index contributed by atoms with van der Waals surface area (Å²) in [7, 11) is 0. The van der Waals surface area contributed by atoms with Crippen LogP contribution < -0.4 is 15.5 Å². The first-order valence-corrected chi connectivity index (χ1v) is 9.89. The maximum Gasteiger partial charge on any atom is 0.333 e. The van der Waals surface area contributed by atoms with Gasteiger partial charge >= 0.3 is 5.97 Å². The molecular weight excluding hydrogens is 415 g/mol. The largest absolute Gasteiger partial charge is 0.464 e. The van der Waals surface area contributed by atoms with Gasteiger partial charge in [0, 0.05) is 37.9 Å². The Hall–Kier alpha value is -1.54. The number of nitrogens with one attached hydrogen (secondary N) is 2. The molecule has 2 saturated heterocycles. The van der Waals surface area contributed by atoms with E-state index in [1.807, 2.05) is 24.3 Å². The normalized spacial score (nSPS) is 18.7. The number of halogens is 2. The van der Waals surface area contributed by atoms with Crippen molar-refractivity contribution in [3.05, 3.63) is 29.8 Å². The van der Waals surface area contributed by atoms with Crippen molar-refractivity contribution in [1.29, 1.82) is 0 Å². The minimum atomic E-state index is -0.756. The van der Waals surface area contributed by atoms with Crippen LogP contribution in [0.4, 0.5) is 5.69 Å². The highest BCUT2D eigenvalue weighted by atomic mass is 35.5. The predicted octanol–water partition coefficient (Wildman–Crippen LogP) is 1.75. The molecule has 0 bridgehead atoms. The van der Waals surface area contributed by atoms with Gasteiger partial charge in [-0.05, 0) is 50.6 Å². The van der Waals surface area contributed by atoms with Gasteiger partial charge in [0.2, 0.25) is 6.41 Å². The monoisotopic (exact) mass is 446 g/mol. The molecule has 1 aromatic rings. The van der Waals surface area contributed by atoms with E-state index >= 15 is 0 Å². The number of piperazine rings is 1. The molecule has 1 aromatic carbocycles. The standard InChI is InChI=1S/C20H30N4O3.2ClH/c1-2-27-20(26)19(22-15-25)16-3-5-17(6-4-16)23-11-13-24(14-12-23)18-7-9-21-10-8-18;;/h3-6,15,18-19,21H,2,7-14H2,1H3,(H,22,25);2*1H. The van der Waals surface area contributed by atoms with E-state index in [0.717, 1.165) is 56.6 Å². The number of ether oxygens (including phenoxy) is 1. The molecule has 3 rings (SSSR count). The van der Waals surface area contributed by atoms with Crippen molar-refractivity contribution >= 4 is 42.9 Å². The quantitative estimate of drug-likeness (QED) is 0.490. The molecule has 0 aliphatic carbocycles. The molecule has 2 aliphatic rings. The number of carbonyl (C=O) groups excluding carboxylic acids is 2.